The van der Waals surface area contributed by atoms with Crippen LogP contribution in [0.15, 0.2) is 24.4 Å². The van der Waals surface area contributed by atoms with E-state index in [9.17, 15) is 9.90 Å². The summed E-state index contributed by atoms with van der Waals surface area (Å²) in [6.07, 6.45) is 2.46. The Labute approximate surface area is 143 Å². The minimum atomic E-state index is -0.750. The molecule has 1 unspecified atom stereocenters. The normalized spacial score (nSPS) is 21.7. The van der Waals surface area contributed by atoms with E-state index in [2.05, 4.69) is 15.2 Å². The predicted octanol–water partition coefficient (Wildman–Crippen LogP) is 2.87. The van der Waals surface area contributed by atoms with Crippen molar-refractivity contribution >= 4 is 29.2 Å². The van der Waals surface area contributed by atoms with Crippen LogP contribution < -0.4 is 0 Å². The Bertz CT molecular complexity index is 749. The van der Waals surface area contributed by atoms with Crippen LogP contribution in [0.3, 0.4) is 0 Å². The summed E-state index contributed by atoms with van der Waals surface area (Å²) in [7, 11) is 0. The van der Waals surface area contributed by atoms with Crippen LogP contribution in [0.5, 0.6) is 0 Å². The first-order valence-electron chi connectivity index (χ1n) is 7.20. The molecule has 1 aromatic carbocycles. The van der Waals surface area contributed by atoms with Gasteiger partial charge in [-0.15, -0.1) is 5.10 Å². The summed E-state index contributed by atoms with van der Waals surface area (Å²) in [4.78, 5) is 13.4. The van der Waals surface area contributed by atoms with Crippen molar-refractivity contribution in [2.24, 2.45) is 5.41 Å². The second kappa shape index (κ2) is 6.11. The Hall–Kier alpha value is -1.63. The van der Waals surface area contributed by atoms with E-state index in [-0.39, 0.29) is 0 Å². The van der Waals surface area contributed by atoms with Gasteiger partial charge in [0.25, 0.3) is 0 Å². The number of carboxylic acids is 1. The molecule has 1 atom stereocenters. The van der Waals surface area contributed by atoms with Crippen molar-refractivity contribution in [3.8, 4) is 5.69 Å². The first-order valence-corrected chi connectivity index (χ1v) is 7.95. The van der Waals surface area contributed by atoms with Crippen LogP contribution in [-0.2, 0) is 11.3 Å². The molecule has 0 saturated carbocycles. The van der Waals surface area contributed by atoms with Gasteiger partial charge in [-0.3, -0.25) is 9.69 Å². The highest BCUT2D eigenvalue weighted by Gasteiger charge is 2.40. The number of likely N-dealkylation sites (tertiary alicyclic amines) is 1. The third kappa shape index (κ3) is 3.34. The fourth-order valence-corrected chi connectivity index (χ4v) is 3.01. The van der Waals surface area contributed by atoms with Crippen LogP contribution in [-0.4, -0.2) is 44.1 Å². The lowest BCUT2D eigenvalue weighted by atomic mass is 9.90. The number of carboxylic acid groups (broad SMARTS) is 1. The van der Waals surface area contributed by atoms with Crippen molar-refractivity contribution in [1.29, 1.82) is 0 Å². The first kappa shape index (κ1) is 16.2. The van der Waals surface area contributed by atoms with Gasteiger partial charge >= 0.3 is 5.97 Å². The molecule has 23 heavy (non-hydrogen) atoms. The smallest absolute Gasteiger partial charge is 0.310 e. The molecule has 1 saturated heterocycles. The monoisotopic (exact) mass is 354 g/mol. The Balaban J connectivity index is 1.71. The summed E-state index contributed by atoms with van der Waals surface area (Å²) >= 11 is 11.9. The van der Waals surface area contributed by atoms with Gasteiger partial charge in [-0.2, -0.15) is 0 Å². The summed E-state index contributed by atoms with van der Waals surface area (Å²) in [5.74, 6) is -0.750. The van der Waals surface area contributed by atoms with Gasteiger partial charge in [0.15, 0.2) is 0 Å². The van der Waals surface area contributed by atoms with E-state index in [1.165, 1.54) is 0 Å². The molecular weight excluding hydrogens is 339 g/mol. The van der Waals surface area contributed by atoms with E-state index >= 15 is 0 Å². The molecule has 1 aliphatic heterocycles. The Morgan fingerprint density at radius 2 is 2.17 bits per heavy atom. The average Bonchev–Trinajstić information content (AvgIpc) is 3.10. The van der Waals surface area contributed by atoms with E-state index < -0.39 is 11.4 Å². The van der Waals surface area contributed by atoms with Crippen LogP contribution in [0.4, 0.5) is 0 Å². The summed E-state index contributed by atoms with van der Waals surface area (Å²) in [5, 5.41) is 18.5. The summed E-state index contributed by atoms with van der Waals surface area (Å²) in [6, 6.07) is 5.24. The molecule has 122 valence electrons. The van der Waals surface area contributed by atoms with E-state index in [1.54, 1.807) is 23.7 Å². The van der Waals surface area contributed by atoms with Crippen LogP contribution in [0.2, 0.25) is 10.0 Å². The van der Waals surface area contributed by atoms with Gasteiger partial charge in [-0.25, -0.2) is 4.68 Å². The zero-order chi connectivity index (χ0) is 16.6. The number of hydrogen-bond donors (Lipinski definition) is 1. The molecule has 0 amide bonds. The number of benzene rings is 1. The van der Waals surface area contributed by atoms with Crippen LogP contribution >= 0.6 is 23.2 Å². The highest BCUT2D eigenvalue weighted by molar-refractivity contribution is 6.42. The number of aromatic nitrogens is 3. The molecule has 3 rings (SSSR count). The number of carbonyl (C=O) groups is 1. The van der Waals surface area contributed by atoms with Gasteiger partial charge in [0.1, 0.15) is 0 Å². The standard InChI is InChI=1S/C15H16Cl2N4O2/c1-15(14(22)23)4-5-20(9-15)7-10-8-21(19-18-10)11-2-3-12(16)13(17)6-11/h2-3,6,8H,4-5,7,9H2,1H3,(H,22,23). The summed E-state index contributed by atoms with van der Waals surface area (Å²) < 4.78 is 1.63. The topological polar surface area (TPSA) is 71.2 Å². The second-order valence-corrected chi connectivity index (χ2v) is 6.89. The molecule has 2 heterocycles. The van der Waals surface area contributed by atoms with E-state index in [1.807, 2.05) is 12.3 Å². The lowest BCUT2D eigenvalue weighted by molar-refractivity contribution is -0.147. The zero-order valence-electron chi connectivity index (χ0n) is 12.5. The van der Waals surface area contributed by atoms with Gasteiger partial charge in [0, 0.05) is 13.1 Å². The molecule has 1 N–H and O–H groups in total. The molecule has 0 aliphatic carbocycles. The molecule has 0 radical (unpaired) electrons. The molecule has 6 nitrogen and oxygen atoms in total. The highest BCUT2D eigenvalue weighted by Crippen LogP contribution is 2.31. The van der Waals surface area contributed by atoms with Crippen LogP contribution in [0.1, 0.15) is 19.0 Å². The summed E-state index contributed by atoms with van der Waals surface area (Å²) in [5.41, 5.74) is 0.875. The van der Waals surface area contributed by atoms with E-state index in [0.29, 0.717) is 29.6 Å². The second-order valence-electron chi connectivity index (χ2n) is 6.08. The lowest BCUT2D eigenvalue weighted by Crippen LogP contribution is -2.31. The average molecular weight is 355 g/mol. The van der Waals surface area contributed by atoms with Gasteiger partial charge in [-0.05, 0) is 38.1 Å². The number of rotatable bonds is 4. The molecule has 1 aromatic heterocycles. The number of aliphatic carboxylic acids is 1. The third-order valence-corrected chi connectivity index (χ3v) is 4.90. The first-order chi connectivity index (χ1) is 10.9. The maximum atomic E-state index is 11.3. The maximum Gasteiger partial charge on any atom is 0.310 e. The van der Waals surface area contributed by atoms with Crippen molar-refractivity contribution in [3.63, 3.8) is 0 Å². The quantitative estimate of drug-likeness (QED) is 0.913. The Kier molecular flexibility index (Phi) is 4.31. The highest BCUT2D eigenvalue weighted by atomic mass is 35.5. The minimum Gasteiger partial charge on any atom is -0.481 e. The predicted molar refractivity (Wildman–Crippen MR) is 87.0 cm³/mol. The fourth-order valence-electron chi connectivity index (χ4n) is 2.72. The summed E-state index contributed by atoms with van der Waals surface area (Å²) in [6.45, 7) is 3.61. The van der Waals surface area contributed by atoms with Gasteiger partial charge in [-0.1, -0.05) is 28.4 Å². The molecular formula is C15H16Cl2N4O2. The molecule has 0 bridgehead atoms. The fraction of sp³-hybridized carbons (Fsp3) is 0.400. The zero-order valence-corrected chi connectivity index (χ0v) is 14.0. The van der Waals surface area contributed by atoms with Crippen LogP contribution in [0.25, 0.3) is 5.69 Å². The maximum absolute atomic E-state index is 11.3. The number of halogens is 2. The van der Waals surface area contributed by atoms with Crippen molar-refractivity contribution in [2.45, 2.75) is 19.9 Å². The van der Waals surface area contributed by atoms with Crippen molar-refractivity contribution < 1.29 is 9.90 Å². The SMILES string of the molecule is CC1(C(=O)O)CCN(Cc2cn(-c3ccc(Cl)c(Cl)c3)nn2)C1. The molecule has 1 aliphatic rings. The minimum absolute atomic E-state index is 0.456. The van der Waals surface area contributed by atoms with Crippen molar-refractivity contribution in [2.75, 3.05) is 13.1 Å². The number of nitrogens with zero attached hydrogens (tertiary/aromatic N) is 4. The Morgan fingerprint density at radius 1 is 1.39 bits per heavy atom. The molecule has 0 spiro atoms. The molecule has 8 heteroatoms. The Morgan fingerprint density at radius 3 is 2.83 bits per heavy atom. The molecule has 1 fully saturated rings. The van der Waals surface area contributed by atoms with Gasteiger partial charge < -0.3 is 5.11 Å². The molecule has 2 aromatic rings. The van der Waals surface area contributed by atoms with Gasteiger partial charge in [0.05, 0.1) is 33.0 Å². The van der Waals surface area contributed by atoms with Crippen molar-refractivity contribution in [3.05, 3.63) is 40.1 Å². The van der Waals surface area contributed by atoms with Crippen molar-refractivity contribution in [1.82, 2.24) is 19.9 Å². The van der Waals surface area contributed by atoms with E-state index in [0.717, 1.165) is 17.9 Å². The number of hydrogen-bond acceptors (Lipinski definition) is 4. The largest absolute Gasteiger partial charge is 0.481 e. The van der Waals surface area contributed by atoms with Crippen LogP contribution in [0, 0.1) is 5.41 Å². The third-order valence-electron chi connectivity index (χ3n) is 4.16. The lowest BCUT2D eigenvalue weighted by Gasteiger charge is -2.19. The van der Waals surface area contributed by atoms with Gasteiger partial charge in [0.2, 0.25) is 0 Å². The van der Waals surface area contributed by atoms with E-state index in [4.69, 9.17) is 23.2 Å².